The van der Waals surface area contributed by atoms with Crippen molar-refractivity contribution in [3.63, 3.8) is 0 Å². The lowest BCUT2D eigenvalue weighted by Crippen LogP contribution is -2.01. The number of aromatic nitrogens is 2. The quantitative estimate of drug-likeness (QED) is 0.215. The summed E-state index contributed by atoms with van der Waals surface area (Å²) in [4.78, 5) is 8.82. The predicted octanol–water partition coefficient (Wildman–Crippen LogP) is 10.9. The number of rotatable bonds is 5. The Hall–Kier alpha value is -4.24. The van der Waals surface area contributed by atoms with E-state index in [0.29, 0.717) is 38.7 Å². The van der Waals surface area contributed by atoms with E-state index in [1.54, 1.807) is 30.3 Å². The molecule has 3 heterocycles. The fourth-order valence-corrected chi connectivity index (χ4v) is 5.86. The second kappa shape index (κ2) is 10.3. The molecule has 3 nitrogen and oxygen atoms in total. The number of nitrogens with zero attached hydrogens (tertiary/aromatic N) is 2. The standard InChI is InChI=1S/C38H38N2O/c1-21(2)28-11-9-12-29(22(3)4)36(28)27-17-23(5)35(24(6)18-27)33-19-34(39-20-25(33)7)32-14-10-13-30-31-16-15-26(8)40-38(31)41-37(30)32/h9-22H,1-8H3/i5D3,7D3,8D3. The number of hydrogen-bond donors (Lipinski definition) is 0. The first-order valence-electron chi connectivity index (χ1n) is 18.4. The summed E-state index contributed by atoms with van der Waals surface area (Å²) in [6.45, 7) is 2.66. The van der Waals surface area contributed by atoms with Crippen LogP contribution in [0.15, 0.2) is 77.3 Å². The number of benzene rings is 3. The molecule has 0 saturated carbocycles. The minimum Gasteiger partial charge on any atom is -0.437 e. The molecular formula is C38H38N2O. The van der Waals surface area contributed by atoms with E-state index >= 15 is 0 Å². The van der Waals surface area contributed by atoms with Gasteiger partial charge in [-0.25, -0.2) is 4.98 Å². The van der Waals surface area contributed by atoms with Crippen molar-refractivity contribution in [1.82, 2.24) is 9.97 Å². The highest BCUT2D eigenvalue weighted by Gasteiger charge is 2.20. The highest BCUT2D eigenvalue weighted by atomic mass is 16.3. The second-order valence-corrected chi connectivity index (χ2v) is 11.3. The van der Waals surface area contributed by atoms with Gasteiger partial charge in [0.05, 0.1) is 5.69 Å². The SMILES string of the molecule is [2H]C([2H])([2H])c1ccc2c(n1)oc1c(-c3cc(-c4c(C)cc(-c5c(C(C)C)cccc5C(C)C)cc4C([2H])([2H])[2H])c(C([2H])([2H])[2H])cn3)cccc12. The average molecular weight is 548 g/mol. The smallest absolute Gasteiger partial charge is 0.227 e. The second-order valence-electron chi connectivity index (χ2n) is 11.3. The Morgan fingerprint density at radius 2 is 1.44 bits per heavy atom. The summed E-state index contributed by atoms with van der Waals surface area (Å²) in [6, 6.07) is 20.0. The summed E-state index contributed by atoms with van der Waals surface area (Å²) in [5, 5.41) is 1.30. The van der Waals surface area contributed by atoms with Crippen LogP contribution in [0.2, 0.25) is 0 Å². The van der Waals surface area contributed by atoms with Gasteiger partial charge in [0.2, 0.25) is 5.71 Å². The zero-order chi connectivity index (χ0) is 36.5. The number of pyridine rings is 2. The number of para-hydroxylation sites is 1. The van der Waals surface area contributed by atoms with Gasteiger partial charge in [0.15, 0.2) is 0 Å². The van der Waals surface area contributed by atoms with Gasteiger partial charge in [0, 0.05) is 40.6 Å². The molecule has 0 N–H and O–H groups in total. The fourth-order valence-electron chi connectivity index (χ4n) is 5.86. The van der Waals surface area contributed by atoms with Gasteiger partial charge in [-0.1, -0.05) is 70.2 Å². The molecule has 0 amide bonds. The van der Waals surface area contributed by atoms with Crippen molar-refractivity contribution < 1.29 is 16.8 Å². The topological polar surface area (TPSA) is 38.9 Å². The number of furan rings is 1. The van der Waals surface area contributed by atoms with Crippen LogP contribution >= 0.6 is 0 Å². The monoisotopic (exact) mass is 547 g/mol. The first-order valence-corrected chi connectivity index (χ1v) is 13.9. The molecule has 0 radical (unpaired) electrons. The summed E-state index contributed by atoms with van der Waals surface area (Å²) >= 11 is 0. The first kappa shape index (κ1) is 18.2. The summed E-state index contributed by atoms with van der Waals surface area (Å²) in [5.41, 5.74) is 6.46. The van der Waals surface area contributed by atoms with Crippen LogP contribution in [0, 0.1) is 27.5 Å². The molecule has 3 aromatic heterocycles. The van der Waals surface area contributed by atoms with Crippen LogP contribution in [0.25, 0.3) is 55.6 Å². The Morgan fingerprint density at radius 1 is 0.707 bits per heavy atom. The maximum atomic E-state index is 8.69. The van der Waals surface area contributed by atoms with Crippen LogP contribution in [-0.4, -0.2) is 9.97 Å². The normalized spacial score (nSPS) is 16.0. The molecule has 6 aromatic rings. The van der Waals surface area contributed by atoms with Gasteiger partial charge in [-0.05, 0) is 114 Å². The summed E-state index contributed by atoms with van der Waals surface area (Å²) in [7, 11) is 0. The number of hydrogen-bond acceptors (Lipinski definition) is 3. The lowest BCUT2D eigenvalue weighted by Gasteiger charge is -2.22. The molecule has 3 aromatic carbocycles. The Balaban J connectivity index is 1.63. The zero-order valence-corrected chi connectivity index (χ0v) is 23.9. The molecule has 0 aliphatic rings. The van der Waals surface area contributed by atoms with Gasteiger partial charge in [-0.3, -0.25) is 4.98 Å². The van der Waals surface area contributed by atoms with Crippen molar-refractivity contribution in [2.45, 2.75) is 67.0 Å². The molecule has 0 atom stereocenters. The van der Waals surface area contributed by atoms with Crippen molar-refractivity contribution in [1.29, 1.82) is 0 Å². The van der Waals surface area contributed by atoms with Gasteiger partial charge in [0.1, 0.15) is 5.58 Å². The van der Waals surface area contributed by atoms with Gasteiger partial charge in [-0.15, -0.1) is 0 Å². The van der Waals surface area contributed by atoms with E-state index in [4.69, 9.17) is 16.8 Å². The molecule has 0 fully saturated rings. The van der Waals surface area contributed by atoms with E-state index in [-0.39, 0.29) is 39.9 Å². The molecule has 0 aliphatic carbocycles. The zero-order valence-electron chi connectivity index (χ0n) is 32.9. The highest BCUT2D eigenvalue weighted by molar-refractivity contribution is 6.08. The van der Waals surface area contributed by atoms with E-state index in [1.165, 1.54) is 12.3 Å². The van der Waals surface area contributed by atoms with E-state index < -0.39 is 20.6 Å². The molecule has 3 heteroatoms. The van der Waals surface area contributed by atoms with Crippen molar-refractivity contribution in [2.75, 3.05) is 0 Å². The van der Waals surface area contributed by atoms with Crippen molar-refractivity contribution in [2.24, 2.45) is 0 Å². The average Bonchev–Trinajstić information content (AvgIpc) is 3.40. The van der Waals surface area contributed by atoms with Crippen LogP contribution in [-0.2, 0) is 0 Å². The fraction of sp³-hybridized carbons (Fsp3) is 0.263. The number of aryl methyl sites for hydroxylation is 4. The van der Waals surface area contributed by atoms with Crippen LogP contribution in [0.1, 0.15) is 85.4 Å². The molecule has 0 bridgehead atoms. The van der Waals surface area contributed by atoms with Crippen molar-refractivity contribution >= 4 is 22.1 Å². The molecule has 206 valence electrons. The van der Waals surface area contributed by atoms with E-state index in [0.717, 1.165) is 22.3 Å². The third kappa shape index (κ3) is 4.64. The van der Waals surface area contributed by atoms with Gasteiger partial charge in [0.25, 0.3) is 0 Å². The Labute approximate surface area is 255 Å². The maximum absolute atomic E-state index is 8.69. The minimum atomic E-state index is -2.60. The van der Waals surface area contributed by atoms with Crippen molar-refractivity contribution in [3.05, 3.63) is 106 Å². The van der Waals surface area contributed by atoms with E-state index in [9.17, 15) is 0 Å². The van der Waals surface area contributed by atoms with Crippen LogP contribution in [0.4, 0.5) is 0 Å². The van der Waals surface area contributed by atoms with Gasteiger partial charge in [-0.2, -0.15) is 0 Å². The molecule has 0 spiro atoms. The van der Waals surface area contributed by atoms with Gasteiger partial charge >= 0.3 is 0 Å². The minimum absolute atomic E-state index is 0.0479. The third-order valence-corrected chi connectivity index (χ3v) is 7.81. The third-order valence-electron chi connectivity index (χ3n) is 7.81. The van der Waals surface area contributed by atoms with Crippen molar-refractivity contribution in [3.8, 4) is 33.5 Å². The largest absolute Gasteiger partial charge is 0.437 e. The highest BCUT2D eigenvalue weighted by Crippen LogP contribution is 2.41. The Morgan fingerprint density at radius 3 is 2.15 bits per heavy atom. The van der Waals surface area contributed by atoms with Crippen LogP contribution in [0.5, 0.6) is 0 Å². The molecule has 41 heavy (non-hydrogen) atoms. The number of fused-ring (bicyclic) bond motifs is 3. The Bertz CT molecular complexity index is 2230. The van der Waals surface area contributed by atoms with Crippen LogP contribution < -0.4 is 0 Å². The molecule has 0 saturated heterocycles. The van der Waals surface area contributed by atoms with Crippen LogP contribution in [0.3, 0.4) is 0 Å². The predicted molar refractivity (Wildman–Crippen MR) is 173 cm³/mol. The van der Waals surface area contributed by atoms with E-state index in [2.05, 4.69) is 49.8 Å². The van der Waals surface area contributed by atoms with E-state index in [1.807, 2.05) is 25.1 Å². The lowest BCUT2D eigenvalue weighted by atomic mass is 9.82. The molecular weight excluding hydrogens is 500 g/mol. The summed E-state index contributed by atoms with van der Waals surface area (Å²) in [6.07, 6.45) is 1.28. The molecule has 6 rings (SSSR count). The first-order chi connectivity index (χ1) is 23.3. The summed E-state index contributed by atoms with van der Waals surface area (Å²) in [5.74, 6) is 0.363. The van der Waals surface area contributed by atoms with Gasteiger partial charge < -0.3 is 4.42 Å². The lowest BCUT2D eigenvalue weighted by molar-refractivity contribution is 0.653. The summed E-state index contributed by atoms with van der Waals surface area (Å²) < 4.78 is 80.8. The molecule has 0 aliphatic heterocycles. The maximum Gasteiger partial charge on any atom is 0.227 e. The molecule has 0 unspecified atom stereocenters. The Kier molecular flexibility index (Phi) is 4.58.